The minimum Gasteiger partial charge on any atom is -0.420 e. The Morgan fingerprint density at radius 3 is 2.64 bits per heavy atom. The molecule has 5 rings (SSSR count). The Balaban J connectivity index is 1.20. The molecule has 0 aliphatic carbocycles. The van der Waals surface area contributed by atoms with Gasteiger partial charge in [0.15, 0.2) is 9.50 Å². The van der Waals surface area contributed by atoms with Gasteiger partial charge in [-0.1, -0.05) is 35.7 Å². The Bertz CT molecular complexity index is 1400. The predicted octanol–water partition coefficient (Wildman–Crippen LogP) is 4.97. The van der Waals surface area contributed by atoms with Crippen molar-refractivity contribution in [2.24, 2.45) is 7.05 Å². The fourth-order valence-corrected chi connectivity index (χ4v) is 5.73. The number of aromatic nitrogens is 6. The van der Waals surface area contributed by atoms with Gasteiger partial charge in [0.1, 0.15) is 5.82 Å². The Kier molecular flexibility index (Phi) is 6.07. The monoisotopic (exact) mass is 497 g/mol. The van der Waals surface area contributed by atoms with Crippen molar-refractivity contribution in [3.8, 4) is 11.5 Å². The number of hydrogen-bond donors (Lipinski definition) is 0. The molecule has 0 atom stereocenters. The number of nitrogens with zero attached hydrogens (tertiary/aromatic N) is 7. The smallest absolute Gasteiger partial charge is 0.269 e. The third-order valence-corrected chi connectivity index (χ3v) is 7.82. The van der Waals surface area contributed by atoms with E-state index in [1.165, 1.54) is 28.6 Å². The highest BCUT2D eigenvalue weighted by molar-refractivity contribution is 8.00. The van der Waals surface area contributed by atoms with E-state index >= 15 is 0 Å². The number of para-hydroxylation sites is 1. The molecule has 0 saturated carbocycles. The van der Waals surface area contributed by atoms with Gasteiger partial charge in [0.25, 0.3) is 5.69 Å². The summed E-state index contributed by atoms with van der Waals surface area (Å²) in [6.45, 7) is 0. The predicted molar refractivity (Wildman–Crippen MR) is 126 cm³/mol. The van der Waals surface area contributed by atoms with Gasteiger partial charge in [-0.2, -0.15) is 0 Å². The Hall–Kier alpha value is -3.29. The highest BCUT2D eigenvalue weighted by Gasteiger charge is 2.15. The van der Waals surface area contributed by atoms with Gasteiger partial charge in [0.2, 0.25) is 11.8 Å². The van der Waals surface area contributed by atoms with Gasteiger partial charge in [0, 0.05) is 24.7 Å². The summed E-state index contributed by atoms with van der Waals surface area (Å²) in [6.07, 6.45) is 0. The number of nitro benzene ring substituents is 1. The molecule has 166 valence electrons. The summed E-state index contributed by atoms with van der Waals surface area (Å²) in [6, 6.07) is 14.1. The SMILES string of the molecule is Cn1c(CSc2nc3ccccc3s2)nnc1SCc1nnc(-c2ccc([N+](=O)[O-])cc2)o1. The van der Waals surface area contributed by atoms with Gasteiger partial charge < -0.3 is 8.98 Å². The quantitative estimate of drug-likeness (QED) is 0.165. The molecule has 10 nitrogen and oxygen atoms in total. The van der Waals surface area contributed by atoms with E-state index in [1.54, 1.807) is 35.2 Å². The van der Waals surface area contributed by atoms with Crippen LogP contribution in [0.15, 0.2) is 62.4 Å². The molecule has 0 unspecified atom stereocenters. The van der Waals surface area contributed by atoms with E-state index in [4.69, 9.17) is 4.42 Å². The van der Waals surface area contributed by atoms with Crippen molar-refractivity contribution in [3.63, 3.8) is 0 Å². The van der Waals surface area contributed by atoms with Crippen molar-refractivity contribution in [2.75, 3.05) is 0 Å². The van der Waals surface area contributed by atoms with Crippen LogP contribution >= 0.6 is 34.9 Å². The summed E-state index contributed by atoms with van der Waals surface area (Å²) in [4.78, 5) is 15.0. The summed E-state index contributed by atoms with van der Waals surface area (Å²) in [5, 5.41) is 28.2. The normalized spacial score (nSPS) is 11.3. The fourth-order valence-electron chi connectivity index (χ4n) is 2.92. The lowest BCUT2D eigenvalue weighted by Gasteiger charge is -2.01. The average Bonchev–Trinajstić information content (AvgIpc) is 3.55. The van der Waals surface area contributed by atoms with Crippen molar-refractivity contribution in [1.29, 1.82) is 0 Å². The van der Waals surface area contributed by atoms with Crippen molar-refractivity contribution >= 4 is 50.8 Å². The fraction of sp³-hybridized carbons (Fsp3) is 0.150. The molecule has 0 amide bonds. The maximum Gasteiger partial charge on any atom is 0.269 e. The molecule has 0 radical (unpaired) electrons. The lowest BCUT2D eigenvalue weighted by atomic mass is 10.2. The first kappa shape index (κ1) is 21.6. The van der Waals surface area contributed by atoms with Crippen LogP contribution in [0.3, 0.4) is 0 Å². The van der Waals surface area contributed by atoms with Crippen LogP contribution in [0, 0.1) is 10.1 Å². The second kappa shape index (κ2) is 9.29. The molecule has 33 heavy (non-hydrogen) atoms. The minimum atomic E-state index is -0.452. The number of hydrogen-bond acceptors (Lipinski definition) is 11. The van der Waals surface area contributed by atoms with Crippen LogP contribution in [0.5, 0.6) is 0 Å². The summed E-state index contributed by atoms with van der Waals surface area (Å²) >= 11 is 4.75. The lowest BCUT2D eigenvalue weighted by molar-refractivity contribution is -0.384. The van der Waals surface area contributed by atoms with Crippen molar-refractivity contribution < 1.29 is 9.34 Å². The maximum absolute atomic E-state index is 10.8. The van der Waals surface area contributed by atoms with Crippen LogP contribution in [0.1, 0.15) is 11.7 Å². The summed E-state index contributed by atoms with van der Waals surface area (Å²) in [5.74, 6) is 2.68. The number of fused-ring (bicyclic) bond motifs is 1. The van der Waals surface area contributed by atoms with E-state index in [1.807, 2.05) is 29.8 Å². The highest BCUT2D eigenvalue weighted by Crippen LogP contribution is 2.32. The van der Waals surface area contributed by atoms with E-state index < -0.39 is 4.92 Å². The number of thiazole rings is 1. The van der Waals surface area contributed by atoms with Crippen molar-refractivity contribution in [1.82, 2.24) is 29.9 Å². The topological polar surface area (TPSA) is 126 Å². The van der Waals surface area contributed by atoms with E-state index in [9.17, 15) is 10.1 Å². The van der Waals surface area contributed by atoms with Gasteiger partial charge in [-0.25, -0.2) is 4.98 Å². The lowest BCUT2D eigenvalue weighted by Crippen LogP contribution is -1.97. The third-order valence-electron chi connectivity index (χ3n) is 4.64. The molecule has 0 saturated heterocycles. The zero-order valence-corrected chi connectivity index (χ0v) is 19.6. The number of rotatable bonds is 8. The largest absolute Gasteiger partial charge is 0.420 e. The number of non-ortho nitro benzene ring substituents is 1. The number of benzene rings is 2. The highest BCUT2D eigenvalue weighted by atomic mass is 32.2. The Morgan fingerprint density at radius 1 is 1.03 bits per heavy atom. The molecule has 0 N–H and O–H groups in total. The molecular formula is C20H15N7O3S3. The molecule has 0 fully saturated rings. The van der Waals surface area contributed by atoms with Gasteiger partial charge in [-0.3, -0.25) is 10.1 Å². The van der Waals surface area contributed by atoms with E-state index in [-0.39, 0.29) is 5.69 Å². The summed E-state index contributed by atoms with van der Waals surface area (Å²) < 4.78 is 9.80. The molecule has 2 aromatic carbocycles. The van der Waals surface area contributed by atoms with Crippen LogP contribution in [0.25, 0.3) is 21.7 Å². The van der Waals surface area contributed by atoms with Gasteiger partial charge >= 0.3 is 0 Å². The zero-order valence-electron chi connectivity index (χ0n) is 17.1. The average molecular weight is 498 g/mol. The number of thioether (sulfide) groups is 2. The summed E-state index contributed by atoms with van der Waals surface area (Å²) in [7, 11) is 1.92. The van der Waals surface area contributed by atoms with Gasteiger partial charge in [0.05, 0.1) is 26.6 Å². The molecule has 0 spiro atoms. The second-order valence-corrected chi connectivity index (χ2v) is 9.98. The first-order valence-corrected chi connectivity index (χ1v) is 12.4. The first-order chi connectivity index (χ1) is 16.1. The van der Waals surface area contributed by atoms with Gasteiger partial charge in [-0.15, -0.1) is 31.7 Å². The molecule has 3 aromatic heterocycles. The van der Waals surface area contributed by atoms with E-state index in [2.05, 4.69) is 31.4 Å². The second-order valence-electron chi connectivity index (χ2n) is 6.79. The zero-order chi connectivity index (χ0) is 22.8. The van der Waals surface area contributed by atoms with Gasteiger partial charge in [-0.05, 0) is 24.3 Å². The van der Waals surface area contributed by atoms with Crippen molar-refractivity contribution in [2.45, 2.75) is 21.0 Å². The Morgan fingerprint density at radius 2 is 1.85 bits per heavy atom. The van der Waals surface area contributed by atoms with Crippen LogP contribution in [0.2, 0.25) is 0 Å². The van der Waals surface area contributed by atoms with Crippen LogP contribution < -0.4 is 0 Å². The molecule has 3 heterocycles. The minimum absolute atomic E-state index is 0.00780. The molecule has 5 aromatic rings. The first-order valence-electron chi connectivity index (χ1n) is 9.63. The van der Waals surface area contributed by atoms with Crippen LogP contribution in [-0.4, -0.2) is 34.9 Å². The van der Waals surface area contributed by atoms with Crippen LogP contribution in [0.4, 0.5) is 5.69 Å². The molecule has 0 aliphatic rings. The van der Waals surface area contributed by atoms with Crippen molar-refractivity contribution in [3.05, 3.63) is 70.4 Å². The summed E-state index contributed by atoms with van der Waals surface area (Å²) in [5.41, 5.74) is 1.64. The van der Waals surface area contributed by atoms with E-state index in [0.29, 0.717) is 28.9 Å². The molecular weight excluding hydrogens is 482 g/mol. The third kappa shape index (κ3) is 4.74. The standard InChI is InChI=1S/C20H15N7O3S3/c1-26-16(10-32-20-21-14-4-2-3-5-15(14)33-20)22-25-19(26)31-11-17-23-24-18(30-17)12-6-8-13(9-7-12)27(28)29/h2-9H,10-11H2,1H3. The Labute approximate surface area is 199 Å². The van der Waals surface area contributed by atoms with E-state index in [0.717, 1.165) is 20.8 Å². The molecule has 13 heteroatoms. The number of nitro groups is 1. The molecule has 0 bridgehead atoms. The maximum atomic E-state index is 10.8. The molecule has 0 aliphatic heterocycles. The van der Waals surface area contributed by atoms with Crippen LogP contribution in [-0.2, 0) is 18.6 Å².